The highest BCUT2D eigenvalue weighted by Gasteiger charge is 2.19. The first-order chi connectivity index (χ1) is 39.0. The fourth-order valence-electron chi connectivity index (χ4n) is 10.3. The molecule has 6 nitrogen and oxygen atoms in total. The SMILES string of the molecule is CC/C=C\C/C=C\C/C=C\CCCCCCCCCC(=O)OCC(COC(=O)CCCCCCCCCCCCCCC/C=C\C/C=C\CCCCCCC)OC(=O)CCCCCCCCCCCCCCCCCCCCC. The Morgan fingerprint density at radius 1 is 0.266 bits per heavy atom. The van der Waals surface area contributed by atoms with Crippen molar-refractivity contribution < 1.29 is 28.6 Å². The van der Waals surface area contributed by atoms with Gasteiger partial charge >= 0.3 is 17.9 Å². The summed E-state index contributed by atoms with van der Waals surface area (Å²) >= 11 is 0. The van der Waals surface area contributed by atoms with Crippen LogP contribution < -0.4 is 0 Å². The molecule has 0 radical (unpaired) electrons. The van der Waals surface area contributed by atoms with Gasteiger partial charge in [0.1, 0.15) is 13.2 Å². The van der Waals surface area contributed by atoms with Crippen LogP contribution in [0, 0.1) is 0 Å². The van der Waals surface area contributed by atoms with Gasteiger partial charge in [0.15, 0.2) is 6.10 Å². The molecule has 0 saturated heterocycles. The van der Waals surface area contributed by atoms with Crippen molar-refractivity contribution in [1.29, 1.82) is 0 Å². The predicted molar refractivity (Wildman–Crippen MR) is 344 cm³/mol. The third-order valence-corrected chi connectivity index (χ3v) is 15.5. The van der Waals surface area contributed by atoms with Crippen LogP contribution in [-0.4, -0.2) is 37.2 Å². The first kappa shape index (κ1) is 76.1. The maximum atomic E-state index is 13.0. The molecule has 0 rings (SSSR count). The number of hydrogen-bond donors (Lipinski definition) is 0. The van der Waals surface area contributed by atoms with Crippen molar-refractivity contribution in [1.82, 2.24) is 0 Å². The van der Waals surface area contributed by atoms with Crippen LogP contribution >= 0.6 is 0 Å². The molecule has 1 atom stereocenters. The van der Waals surface area contributed by atoms with Gasteiger partial charge in [0.2, 0.25) is 0 Å². The molecule has 6 heteroatoms. The normalized spacial score (nSPS) is 12.4. The summed E-state index contributed by atoms with van der Waals surface area (Å²) < 4.78 is 17.0. The molecular formula is C73H132O6. The van der Waals surface area contributed by atoms with Gasteiger partial charge in [-0.3, -0.25) is 14.4 Å². The van der Waals surface area contributed by atoms with Crippen LogP contribution in [0.5, 0.6) is 0 Å². The first-order valence-electron chi connectivity index (χ1n) is 34.8. The maximum absolute atomic E-state index is 13.0. The molecule has 0 aliphatic rings. The van der Waals surface area contributed by atoms with Crippen LogP contribution in [0.25, 0.3) is 0 Å². The summed E-state index contributed by atoms with van der Waals surface area (Å²) in [5.74, 6) is -0.860. The van der Waals surface area contributed by atoms with Gasteiger partial charge in [-0.15, -0.1) is 0 Å². The monoisotopic (exact) mass is 1110 g/mol. The zero-order valence-electron chi connectivity index (χ0n) is 52.9. The molecule has 0 fully saturated rings. The number of allylic oxidation sites excluding steroid dienone is 10. The van der Waals surface area contributed by atoms with Crippen LogP contribution in [0.4, 0.5) is 0 Å². The molecule has 0 spiro atoms. The lowest BCUT2D eigenvalue weighted by Gasteiger charge is -2.18. The van der Waals surface area contributed by atoms with Crippen molar-refractivity contribution in [2.24, 2.45) is 0 Å². The Bertz CT molecular complexity index is 1410. The number of ether oxygens (including phenoxy) is 3. The highest BCUT2D eigenvalue weighted by atomic mass is 16.6. The standard InChI is InChI=1S/C73H132O6/c1-4-7-10-13-16-19-22-25-28-31-33-34-35-36-37-38-40-42-45-48-51-54-57-60-63-66-72(75)78-69-70(68-77-71(74)65-62-59-56-53-50-47-44-41-30-27-24-21-18-15-12-9-6-3)79-73(76)67-64-61-58-55-52-49-46-43-39-32-29-26-23-20-17-14-11-8-5-2/h9,12,18,21-22,25,27,30-31,33,70H,4-8,10-11,13-17,19-20,23-24,26,28-29,32,34-69H2,1-3H3/b12-9-,21-18-,25-22-,30-27-,33-31-. The van der Waals surface area contributed by atoms with Gasteiger partial charge in [-0.25, -0.2) is 0 Å². The third kappa shape index (κ3) is 65.8. The Balaban J connectivity index is 4.31. The van der Waals surface area contributed by atoms with E-state index < -0.39 is 6.10 Å². The summed E-state index contributed by atoms with van der Waals surface area (Å²) in [7, 11) is 0. The van der Waals surface area contributed by atoms with E-state index in [0.717, 1.165) is 89.9 Å². The van der Waals surface area contributed by atoms with Gasteiger partial charge in [-0.1, -0.05) is 326 Å². The fourth-order valence-corrected chi connectivity index (χ4v) is 10.3. The molecule has 460 valence electrons. The highest BCUT2D eigenvalue weighted by molar-refractivity contribution is 5.71. The number of carbonyl (C=O) groups is 3. The molecule has 0 bridgehead atoms. The number of rotatable bonds is 64. The van der Waals surface area contributed by atoms with Crippen molar-refractivity contribution in [3.8, 4) is 0 Å². The second-order valence-corrected chi connectivity index (χ2v) is 23.4. The molecule has 79 heavy (non-hydrogen) atoms. The molecule has 0 aromatic heterocycles. The second kappa shape index (κ2) is 67.6. The molecule has 1 unspecified atom stereocenters. The molecule has 0 aromatic rings. The Kier molecular flexibility index (Phi) is 65.1. The van der Waals surface area contributed by atoms with Crippen molar-refractivity contribution >= 4 is 17.9 Å². The van der Waals surface area contributed by atoms with Crippen molar-refractivity contribution in [3.05, 3.63) is 60.8 Å². The average Bonchev–Trinajstić information content (AvgIpc) is 3.45. The highest BCUT2D eigenvalue weighted by Crippen LogP contribution is 2.18. The zero-order valence-corrected chi connectivity index (χ0v) is 52.9. The van der Waals surface area contributed by atoms with Gasteiger partial charge in [0, 0.05) is 19.3 Å². The van der Waals surface area contributed by atoms with Gasteiger partial charge in [0.05, 0.1) is 0 Å². The van der Waals surface area contributed by atoms with Crippen LogP contribution in [0.2, 0.25) is 0 Å². The minimum Gasteiger partial charge on any atom is -0.462 e. The third-order valence-electron chi connectivity index (χ3n) is 15.5. The van der Waals surface area contributed by atoms with E-state index in [4.69, 9.17) is 14.2 Å². The van der Waals surface area contributed by atoms with Crippen molar-refractivity contribution in [2.75, 3.05) is 13.2 Å². The van der Waals surface area contributed by atoms with E-state index in [9.17, 15) is 14.4 Å². The summed E-state index contributed by atoms with van der Waals surface area (Å²) in [5, 5.41) is 0. The Hall–Kier alpha value is -2.89. The van der Waals surface area contributed by atoms with E-state index in [1.165, 1.54) is 238 Å². The van der Waals surface area contributed by atoms with E-state index in [-0.39, 0.29) is 31.1 Å². The van der Waals surface area contributed by atoms with Crippen LogP contribution in [0.1, 0.15) is 367 Å². The Morgan fingerprint density at radius 2 is 0.494 bits per heavy atom. The summed E-state index contributed by atoms with van der Waals surface area (Å²) in [4.78, 5) is 38.4. The Morgan fingerprint density at radius 3 is 0.772 bits per heavy atom. The lowest BCUT2D eigenvalue weighted by Crippen LogP contribution is -2.30. The van der Waals surface area contributed by atoms with Crippen molar-refractivity contribution in [2.45, 2.75) is 374 Å². The van der Waals surface area contributed by atoms with Crippen LogP contribution in [0.3, 0.4) is 0 Å². The van der Waals surface area contributed by atoms with E-state index in [1.807, 2.05) is 0 Å². The Labute approximate surface area is 491 Å². The summed E-state index contributed by atoms with van der Waals surface area (Å²) in [6.45, 7) is 6.58. The van der Waals surface area contributed by atoms with Crippen LogP contribution in [0.15, 0.2) is 60.8 Å². The van der Waals surface area contributed by atoms with Crippen LogP contribution in [-0.2, 0) is 28.6 Å². The molecule has 0 N–H and O–H groups in total. The van der Waals surface area contributed by atoms with Gasteiger partial charge in [-0.05, 0) is 83.5 Å². The molecule has 0 aliphatic heterocycles. The van der Waals surface area contributed by atoms with Crippen molar-refractivity contribution in [3.63, 3.8) is 0 Å². The summed E-state index contributed by atoms with van der Waals surface area (Å²) in [6.07, 6.45) is 86.7. The molecular weight excluding hydrogens is 973 g/mol. The lowest BCUT2D eigenvalue weighted by molar-refractivity contribution is -0.167. The largest absolute Gasteiger partial charge is 0.462 e. The van der Waals surface area contributed by atoms with E-state index in [2.05, 4.69) is 81.5 Å². The number of carbonyl (C=O) groups excluding carboxylic acids is 3. The summed E-state index contributed by atoms with van der Waals surface area (Å²) in [6, 6.07) is 0. The minimum absolute atomic E-state index is 0.0738. The molecule has 0 amide bonds. The van der Waals surface area contributed by atoms with E-state index >= 15 is 0 Å². The average molecular weight is 1110 g/mol. The smallest absolute Gasteiger partial charge is 0.306 e. The quantitative estimate of drug-likeness (QED) is 0.0261. The second-order valence-electron chi connectivity index (χ2n) is 23.4. The number of hydrogen-bond acceptors (Lipinski definition) is 6. The maximum Gasteiger partial charge on any atom is 0.306 e. The number of unbranched alkanes of at least 4 members (excludes halogenated alkanes) is 43. The topological polar surface area (TPSA) is 78.9 Å². The predicted octanol–water partition coefficient (Wildman–Crippen LogP) is 23.9. The molecule has 0 aromatic carbocycles. The molecule has 0 saturated carbocycles. The van der Waals surface area contributed by atoms with Gasteiger partial charge < -0.3 is 14.2 Å². The summed E-state index contributed by atoms with van der Waals surface area (Å²) in [5.41, 5.74) is 0. The van der Waals surface area contributed by atoms with Gasteiger partial charge in [-0.2, -0.15) is 0 Å². The molecule has 0 aliphatic carbocycles. The minimum atomic E-state index is -0.778. The lowest BCUT2D eigenvalue weighted by atomic mass is 10.0. The van der Waals surface area contributed by atoms with Gasteiger partial charge in [0.25, 0.3) is 0 Å². The van der Waals surface area contributed by atoms with E-state index in [1.54, 1.807) is 0 Å². The van der Waals surface area contributed by atoms with E-state index in [0.29, 0.717) is 19.3 Å². The fraction of sp³-hybridized carbons (Fsp3) is 0.822. The first-order valence-corrected chi connectivity index (χ1v) is 34.8. The zero-order chi connectivity index (χ0) is 57.1. The number of esters is 3. The molecule has 0 heterocycles.